The molecule has 2 rings (SSSR count). The predicted molar refractivity (Wildman–Crippen MR) is 78.6 cm³/mol. The van der Waals surface area contributed by atoms with Crippen molar-refractivity contribution in [2.75, 3.05) is 0 Å². The van der Waals surface area contributed by atoms with E-state index >= 15 is 0 Å². The van der Waals surface area contributed by atoms with Crippen LogP contribution in [0.2, 0.25) is 0 Å². The zero-order valence-electron chi connectivity index (χ0n) is 11.4. The lowest BCUT2D eigenvalue weighted by Gasteiger charge is -2.33. The standard InChI is InChI=1S/C17H25N/c1-3-14(2)18-17(15-10-6-4-7-11-15)16-12-8-5-9-13-16/h3-4,6-7,10-11,14,16-18H,1,5,8-9,12-13H2,2H3. The molecule has 0 spiro atoms. The van der Waals surface area contributed by atoms with Crippen molar-refractivity contribution in [1.29, 1.82) is 0 Å². The highest BCUT2D eigenvalue weighted by Gasteiger charge is 2.25. The highest BCUT2D eigenvalue weighted by Crippen LogP contribution is 2.34. The Morgan fingerprint density at radius 1 is 1.17 bits per heavy atom. The monoisotopic (exact) mass is 243 g/mol. The Labute approximate surface area is 111 Å². The van der Waals surface area contributed by atoms with Crippen molar-refractivity contribution >= 4 is 0 Å². The van der Waals surface area contributed by atoms with Gasteiger partial charge in [-0.15, -0.1) is 6.58 Å². The Hall–Kier alpha value is -1.08. The van der Waals surface area contributed by atoms with Gasteiger partial charge in [-0.25, -0.2) is 0 Å². The summed E-state index contributed by atoms with van der Waals surface area (Å²) in [5.74, 6) is 0.781. The number of nitrogens with one attached hydrogen (secondary N) is 1. The van der Waals surface area contributed by atoms with E-state index in [0.717, 1.165) is 5.92 Å². The van der Waals surface area contributed by atoms with E-state index < -0.39 is 0 Å². The van der Waals surface area contributed by atoms with Crippen molar-refractivity contribution in [2.24, 2.45) is 5.92 Å². The maximum absolute atomic E-state index is 3.89. The molecule has 98 valence electrons. The number of hydrogen-bond acceptors (Lipinski definition) is 1. The maximum Gasteiger partial charge on any atom is 0.0353 e. The average Bonchev–Trinajstić information content (AvgIpc) is 2.46. The van der Waals surface area contributed by atoms with Crippen molar-refractivity contribution in [2.45, 2.75) is 51.1 Å². The summed E-state index contributed by atoms with van der Waals surface area (Å²) >= 11 is 0. The second-order valence-electron chi connectivity index (χ2n) is 5.48. The zero-order chi connectivity index (χ0) is 12.8. The summed E-state index contributed by atoms with van der Waals surface area (Å²) < 4.78 is 0. The molecule has 0 aromatic heterocycles. The SMILES string of the molecule is C=CC(C)NC(c1ccccc1)C1CCCCC1. The molecule has 1 aliphatic rings. The van der Waals surface area contributed by atoms with Gasteiger partial charge in [-0.05, 0) is 31.2 Å². The second kappa shape index (κ2) is 6.75. The van der Waals surface area contributed by atoms with Crippen molar-refractivity contribution < 1.29 is 0 Å². The number of rotatable bonds is 5. The molecule has 1 heteroatoms. The van der Waals surface area contributed by atoms with E-state index in [2.05, 4.69) is 49.2 Å². The van der Waals surface area contributed by atoms with Crippen LogP contribution in [0.4, 0.5) is 0 Å². The lowest BCUT2D eigenvalue weighted by atomic mass is 9.81. The molecule has 0 heterocycles. The smallest absolute Gasteiger partial charge is 0.0353 e. The molecule has 1 fully saturated rings. The molecule has 1 aromatic carbocycles. The molecule has 1 aromatic rings. The van der Waals surface area contributed by atoms with Gasteiger partial charge in [0, 0.05) is 12.1 Å². The van der Waals surface area contributed by atoms with Gasteiger partial charge in [0.1, 0.15) is 0 Å². The van der Waals surface area contributed by atoms with Crippen LogP contribution < -0.4 is 5.32 Å². The number of hydrogen-bond donors (Lipinski definition) is 1. The zero-order valence-corrected chi connectivity index (χ0v) is 11.4. The number of benzene rings is 1. The first-order valence-electron chi connectivity index (χ1n) is 7.25. The topological polar surface area (TPSA) is 12.0 Å². The minimum atomic E-state index is 0.372. The summed E-state index contributed by atoms with van der Waals surface area (Å²) in [5, 5.41) is 3.73. The van der Waals surface area contributed by atoms with Crippen LogP contribution in [-0.4, -0.2) is 6.04 Å². The van der Waals surface area contributed by atoms with E-state index in [1.165, 1.54) is 37.7 Å². The minimum Gasteiger partial charge on any atom is -0.304 e. The van der Waals surface area contributed by atoms with Gasteiger partial charge in [0.05, 0.1) is 0 Å². The molecule has 0 amide bonds. The molecule has 1 N–H and O–H groups in total. The Morgan fingerprint density at radius 2 is 1.83 bits per heavy atom. The normalized spacial score (nSPS) is 20.3. The molecule has 2 unspecified atom stereocenters. The molecule has 0 aliphatic heterocycles. The lowest BCUT2D eigenvalue weighted by molar-refractivity contribution is 0.265. The third kappa shape index (κ3) is 3.46. The van der Waals surface area contributed by atoms with E-state index in [1.807, 2.05) is 6.08 Å². The first-order valence-corrected chi connectivity index (χ1v) is 7.25. The molecule has 2 atom stereocenters. The summed E-state index contributed by atoms with van der Waals surface area (Å²) in [7, 11) is 0. The average molecular weight is 243 g/mol. The summed E-state index contributed by atoms with van der Waals surface area (Å²) in [4.78, 5) is 0. The molecule has 0 bridgehead atoms. The highest BCUT2D eigenvalue weighted by molar-refractivity contribution is 5.20. The molecule has 1 saturated carbocycles. The quantitative estimate of drug-likeness (QED) is 0.752. The summed E-state index contributed by atoms with van der Waals surface area (Å²) in [6.07, 6.45) is 8.90. The molecule has 0 radical (unpaired) electrons. The van der Waals surface area contributed by atoms with Gasteiger partial charge in [0.2, 0.25) is 0 Å². The van der Waals surface area contributed by atoms with Crippen molar-refractivity contribution in [1.82, 2.24) is 5.32 Å². The Bertz CT molecular complexity index is 351. The fourth-order valence-corrected chi connectivity index (χ4v) is 2.98. The van der Waals surface area contributed by atoms with E-state index in [4.69, 9.17) is 0 Å². The molecule has 1 aliphatic carbocycles. The van der Waals surface area contributed by atoms with Crippen molar-refractivity contribution in [3.05, 3.63) is 48.6 Å². The van der Waals surface area contributed by atoms with Crippen LogP contribution in [0.3, 0.4) is 0 Å². The summed E-state index contributed by atoms with van der Waals surface area (Å²) in [5.41, 5.74) is 1.43. The van der Waals surface area contributed by atoms with Crippen LogP contribution in [0.1, 0.15) is 50.6 Å². The molecular formula is C17H25N. The van der Waals surface area contributed by atoms with Gasteiger partial charge in [-0.1, -0.05) is 55.7 Å². The summed E-state index contributed by atoms with van der Waals surface area (Å²) in [6.45, 7) is 6.08. The fraction of sp³-hybridized carbons (Fsp3) is 0.529. The van der Waals surface area contributed by atoms with Crippen molar-refractivity contribution in [3.8, 4) is 0 Å². The second-order valence-corrected chi connectivity index (χ2v) is 5.48. The van der Waals surface area contributed by atoms with Gasteiger partial charge in [-0.2, -0.15) is 0 Å². The van der Waals surface area contributed by atoms with Gasteiger partial charge in [0.25, 0.3) is 0 Å². The van der Waals surface area contributed by atoms with Crippen LogP contribution in [0.15, 0.2) is 43.0 Å². The summed E-state index contributed by atoms with van der Waals surface area (Å²) in [6, 6.07) is 11.7. The predicted octanol–water partition coefficient (Wildman–Crippen LogP) is 4.47. The first kappa shape index (κ1) is 13.4. The van der Waals surface area contributed by atoms with E-state index in [1.54, 1.807) is 0 Å². The Balaban J connectivity index is 2.13. The molecule has 0 saturated heterocycles. The van der Waals surface area contributed by atoms with E-state index in [9.17, 15) is 0 Å². The molecule has 18 heavy (non-hydrogen) atoms. The van der Waals surface area contributed by atoms with Crippen LogP contribution in [0.25, 0.3) is 0 Å². The van der Waals surface area contributed by atoms with Gasteiger partial charge in [0.15, 0.2) is 0 Å². The van der Waals surface area contributed by atoms with Gasteiger partial charge in [-0.3, -0.25) is 0 Å². The minimum absolute atomic E-state index is 0.372. The van der Waals surface area contributed by atoms with Gasteiger partial charge < -0.3 is 5.32 Å². The fourth-order valence-electron chi connectivity index (χ4n) is 2.98. The maximum atomic E-state index is 3.89. The van der Waals surface area contributed by atoms with Crippen molar-refractivity contribution in [3.63, 3.8) is 0 Å². The first-order chi connectivity index (χ1) is 8.81. The van der Waals surface area contributed by atoms with Crippen LogP contribution in [-0.2, 0) is 0 Å². The van der Waals surface area contributed by atoms with Crippen LogP contribution in [0, 0.1) is 5.92 Å². The largest absolute Gasteiger partial charge is 0.304 e. The van der Waals surface area contributed by atoms with Crippen LogP contribution in [0.5, 0.6) is 0 Å². The molecular weight excluding hydrogens is 218 g/mol. The van der Waals surface area contributed by atoms with E-state index in [-0.39, 0.29) is 0 Å². The lowest BCUT2D eigenvalue weighted by Crippen LogP contribution is -2.34. The van der Waals surface area contributed by atoms with Gasteiger partial charge >= 0.3 is 0 Å². The van der Waals surface area contributed by atoms with E-state index in [0.29, 0.717) is 12.1 Å². The highest BCUT2D eigenvalue weighted by atomic mass is 14.9. The Morgan fingerprint density at radius 3 is 2.44 bits per heavy atom. The third-order valence-electron chi connectivity index (χ3n) is 4.08. The van der Waals surface area contributed by atoms with Crippen LogP contribution >= 0.6 is 0 Å². The molecule has 1 nitrogen and oxygen atoms in total. The Kier molecular flexibility index (Phi) is 5.00. The third-order valence-corrected chi connectivity index (χ3v) is 4.08.